The van der Waals surface area contributed by atoms with Gasteiger partial charge in [0.15, 0.2) is 0 Å². The van der Waals surface area contributed by atoms with Crippen molar-refractivity contribution in [2.24, 2.45) is 5.73 Å². The van der Waals surface area contributed by atoms with Crippen LogP contribution in [-0.4, -0.2) is 6.54 Å². The summed E-state index contributed by atoms with van der Waals surface area (Å²) in [6.07, 6.45) is 23.3. The van der Waals surface area contributed by atoms with Gasteiger partial charge in [-0.3, -0.25) is 0 Å². The third-order valence-corrected chi connectivity index (χ3v) is 3.61. The molecular weight excluding hydrogens is 296 g/mol. The van der Waals surface area contributed by atoms with Gasteiger partial charge in [0.05, 0.1) is 0 Å². The minimum absolute atomic E-state index is 0. The van der Waals surface area contributed by atoms with Crippen molar-refractivity contribution >= 4 is 0 Å². The van der Waals surface area contributed by atoms with Crippen molar-refractivity contribution in [3.05, 3.63) is 19.1 Å². The second-order valence-corrected chi connectivity index (χ2v) is 5.58. The van der Waals surface area contributed by atoms with E-state index in [-0.39, 0.29) is 19.5 Å². The van der Waals surface area contributed by atoms with E-state index in [9.17, 15) is 0 Å². The molecule has 0 aliphatic rings. The number of rotatable bonds is 15. The normalized spacial score (nSPS) is 10.9. The molecule has 0 bridgehead atoms. The number of hydrogen-bond acceptors (Lipinski definition) is 1. The van der Waals surface area contributed by atoms with Crippen LogP contribution in [0.3, 0.4) is 0 Å². The first-order valence-corrected chi connectivity index (χ1v) is 8.56. The number of unbranched alkanes of at least 4 members (excludes halogenated alkanes) is 12. The maximum atomic E-state index is 5.47. The average molecular weight is 332 g/mol. The predicted octanol–water partition coefficient (Wildman–Crippen LogP) is 5.79. The quantitative estimate of drug-likeness (QED) is 0.175. The maximum Gasteiger partial charge on any atom is 0 e. The molecule has 2 heteroatoms. The smallest absolute Gasteiger partial charge is 0 e. The van der Waals surface area contributed by atoms with Crippen LogP contribution in [0.25, 0.3) is 0 Å². The molecule has 0 amide bonds. The van der Waals surface area contributed by atoms with Gasteiger partial charge >= 0.3 is 0 Å². The van der Waals surface area contributed by atoms with Gasteiger partial charge in [0.2, 0.25) is 0 Å². The Morgan fingerprint density at radius 1 is 0.600 bits per heavy atom. The molecule has 0 radical (unpaired) electrons. The van der Waals surface area contributed by atoms with Crippen molar-refractivity contribution in [2.45, 2.75) is 89.9 Å². The summed E-state index contributed by atoms with van der Waals surface area (Å²) in [4.78, 5) is 0. The summed E-state index contributed by atoms with van der Waals surface area (Å²) < 4.78 is 0. The summed E-state index contributed by atoms with van der Waals surface area (Å²) in [5.41, 5.74) is 5.47. The van der Waals surface area contributed by atoms with E-state index in [1.807, 2.05) is 0 Å². The van der Waals surface area contributed by atoms with E-state index in [0.29, 0.717) is 0 Å². The molecule has 0 atom stereocenters. The summed E-state index contributed by atoms with van der Waals surface area (Å²) >= 11 is 0. The van der Waals surface area contributed by atoms with E-state index >= 15 is 0 Å². The zero-order valence-corrected chi connectivity index (χ0v) is 16.7. The number of nitrogens with two attached hydrogens (primary N) is 1. The van der Waals surface area contributed by atoms with E-state index in [0.717, 1.165) is 13.0 Å². The predicted molar refractivity (Wildman–Crippen MR) is 88.2 cm³/mol. The molecule has 20 heavy (non-hydrogen) atoms. The molecule has 0 aliphatic heterocycles. The fourth-order valence-corrected chi connectivity index (χ4v) is 2.32. The van der Waals surface area contributed by atoms with Crippen LogP contribution in [0.5, 0.6) is 0 Å². The molecule has 0 aromatic heterocycles. The summed E-state index contributed by atoms with van der Waals surface area (Å²) in [5, 5.41) is 0. The molecular formula is C18H36NZn-. The van der Waals surface area contributed by atoms with Crippen molar-refractivity contribution in [1.82, 2.24) is 0 Å². The van der Waals surface area contributed by atoms with Gasteiger partial charge < -0.3 is 12.7 Å². The van der Waals surface area contributed by atoms with Gasteiger partial charge in [-0.25, -0.2) is 0 Å². The second kappa shape index (κ2) is 21.6. The summed E-state index contributed by atoms with van der Waals surface area (Å²) in [5.74, 6) is 0. The monoisotopic (exact) mass is 330 g/mol. The Balaban J connectivity index is 0. The van der Waals surface area contributed by atoms with E-state index in [1.54, 1.807) is 0 Å². The van der Waals surface area contributed by atoms with Gasteiger partial charge in [-0.1, -0.05) is 63.5 Å². The summed E-state index contributed by atoms with van der Waals surface area (Å²) in [7, 11) is 0. The van der Waals surface area contributed by atoms with Gasteiger partial charge in [0.1, 0.15) is 0 Å². The fourth-order valence-electron chi connectivity index (χ4n) is 2.32. The van der Waals surface area contributed by atoms with Crippen LogP contribution in [0.15, 0.2) is 12.2 Å². The molecule has 0 spiro atoms. The Morgan fingerprint density at radius 3 is 1.45 bits per heavy atom. The van der Waals surface area contributed by atoms with Crippen LogP contribution in [0.2, 0.25) is 0 Å². The Hall–Kier alpha value is 0.323. The average Bonchev–Trinajstić information content (AvgIpc) is 2.43. The van der Waals surface area contributed by atoms with E-state index in [1.165, 1.54) is 83.5 Å². The first-order chi connectivity index (χ1) is 9.41. The van der Waals surface area contributed by atoms with Crippen molar-refractivity contribution in [3.63, 3.8) is 0 Å². The third kappa shape index (κ3) is 20.6. The van der Waals surface area contributed by atoms with Crippen molar-refractivity contribution in [3.8, 4) is 0 Å². The molecule has 0 aliphatic carbocycles. The molecule has 0 fully saturated rings. The molecule has 1 nitrogen and oxygen atoms in total. The first-order valence-electron chi connectivity index (χ1n) is 8.56. The van der Waals surface area contributed by atoms with Crippen molar-refractivity contribution in [1.29, 1.82) is 0 Å². The van der Waals surface area contributed by atoms with Gasteiger partial charge in [-0.15, -0.1) is 0 Å². The Morgan fingerprint density at radius 2 is 1.00 bits per heavy atom. The van der Waals surface area contributed by atoms with Crippen molar-refractivity contribution < 1.29 is 19.5 Å². The number of hydrogen-bond donors (Lipinski definition) is 1. The van der Waals surface area contributed by atoms with Gasteiger partial charge in [-0.05, 0) is 38.6 Å². The molecule has 116 valence electrons. The van der Waals surface area contributed by atoms with Gasteiger partial charge in [0.25, 0.3) is 0 Å². The zero-order valence-electron chi connectivity index (χ0n) is 13.8. The summed E-state index contributed by atoms with van der Waals surface area (Å²) in [6, 6.07) is 0. The Bertz CT molecular complexity index is 180. The molecule has 0 aromatic rings. The zero-order chi connectivity index (χ0) is 14.0. The minimum atomic E-state index is 0. The minimum Gasteiger partial charge on any atom is -0.343 e. The SMILES string of the molecule is [CH2-]CCCCCCC/C=C\CCCCCCCCN.[Zn]. The van der Waals surface area contributed by atoms with Gasteiger partial charge in [-0.2, -0.15) is 6.42 Å². The van der Waals surface area contributed by atoms with E-state index in [4.69, 9.17) is 5.73 Å². The third-order valence-electron chi connectivity index (χ3n) is 3.61. The molecule has 0 saturated heterocycles. The topological polar surface area (TPSA) is 26.0 Å². The molecule has 0 heterocycles. The molecule has 0 saturated carbocycles. The van der Waals surface area contributed by atoms with Crippen LogP contribution in [0, 0.1) is 6.92 Å². The molecule has 2 N–H and O–H groups in total. The van der Waals surface area contributed by atoms with Crippen LogP contribution in [0.4, 0.5) is 0 Å². The Kier molecular flexibility index (Phi) is 24.4. The maximum absolute atomic E-state index is 5.47. The molecule has 0 rings (SSSR count). The van der Waals surface area contributed by atoms with E-state index in [2.05, 4.69) is 19.1 Å². The van der Waals surface area contributed by atoms with Crippen LogP contribution in [0.1, 0.15) is 89.9 Å². The molecule has 0 unspecified atom stereocenters. The van der Waals surface area contributed by atoms with Gasteiger partial charge in [0, 0.05) is 19.5 Å². The number of allylic oxidation sites excluding steroid dienone is 2. The summed E-state index contributed by atoms with van der Waals surface area (Å²) in [6.45, 7) is 4.73. The largest absolute Gasteiger partial charge is 0.343 e. The second-order valence-electron chi connectivity index (χ2n) is 5.58. The molecule has 0 aromatic carbocycles. The van der Waals surface area contributed by atoms with Crippen LogP contribution in [-0.2, 0) is 19.5 Å². The first kappa shape index (κ1) is 22.6. The standard InChI is InChI=1S/C18H36N.Zn/c1-2-3-4-5-6-7-8-9-10-11-12-13-14-15-16-17-18-19;/h9-10H,1-8,11-19H2;/q-1;/b10-9-;. The van der Waals surface area contributed by atoms with E-state index < -0.39 is 0 Å². The van der Waals surface area contributed by atoms with Crippen LogP contribution < -0.4 is 5.73 Å². The Labute approximate surface area is 140 Å². The fraction of sp³-hybridized carbons (Fsp3) is 0.833. The van der Waals surface area contributed by atoms with Crippen molar-refractivity contribution in [2.75, 3.05) is 6.54 Å². The van der Waals surface area contributed by atoms with Crippen LogP contribution >= 0.6 is 0 Å².